The lowest BCUT2D eigenvalue weighted by molar-refractivity contribution is 0.161. The van der Waals surface area contributed by atoms with Gasteiger partial charge < -0.3 is 5.73 Å². The highest BCUT2D eigenvalue weighted by Crippen LogP contribution is 2.00. The lowest BCUT2D eigenvalue weighted by atomic mass is 10.1. The predicted octanol–water partition coefficient (Wildman–Crippen LogP) is 1.50. The Morgan fingerprint density at radius 1 is 1.64 bits per heavy atom. The maximum Gasteiger partial charge on any atom is 0.430 e. The van der Waals surface area contributed by atoms with Crippen LogP contribution in [0, 0.1) is 5.92 Å². The molecule has 4 nitrogen and oxygen atoms in total. The van der Waals surface area contributed by atoms with Gasteiger partial charge in [-0.3, -0.25) is 4.84 Å². The van der Waals surface area contributed by atoms with Crippen molar-refractivity contribution >= 4 is 11.8 Å². The van der Waals surface area contributed by atoms with Crippen LogP contribution in [0.5, 0.6) is 0 Å². The highest BCUT2D eigenvalue weighted by atomic mass is 16.7. The third-order valence-corrected chi connectivity index (χ3v) is 0.995. The van der Waals surface area contributed by atoms with Gasteiger partial charge >= 0.3 is 6.09 Å². The zero-order chi connectivity index (χ0) is 8.85. The minimum Gasteiger partial charge on any atom is -0.333 e. The molecule has 0 saturated carbocycles. The summed E-state index contributed by atoms with van der Waals surface area (Å²) in [6.07, 6.45) is -0.0547. The molecule has 4 heteroatoms. The summed E-state index contributed by atoms with van der Waals surface area (Å²) in [6, 6.07) is 0. The molecule has 0 unspecified atom stereocenters. The predicted molar refractivity (Wildman–Crippen MR) is 43.2 cm³/mol. The number of nitrogens with two attached hydrogens (primary N) is 1. The van der Waals surface area contributed by atoms with Crippen LogP contribution in [0.4, 0.5) is 4.79 Å². The first-order valence-electron chi connectivity index (χ1n) is 3.52. The Bertz CT molecular complexity index is 164. The average molecular weight is 158 g/mol. The summed E-state index contributed by atoms with van der Waals surface area (Å²) in [7, 11) is 0. The van der Waals surface area contributed by atoms with Crippen molar-refractivity contribution in [1.82, 2.24) is 0 Å². The molecule has 64 valence electrons. The van der Waals surface area contributed by atoms with Crippen LogP contribution in [-0.2, 0) is 4.84 Å². The van der Waals surface area contributed by atoms with E-state index < -0.39 is 6.09 Å². The highest BCUT2D eigenvalue weighted by molar-refractivity contribution is 5.82. The van der Waals surface area contributed by atoms with Crippen LogP contribution in [0.15, 0.2) is 5.16 Å². The molecule has 0 aromatic heterocycles. The molecule has 0 bridgehead atoms. The Morgan fingerprint density at radius 2 is 2.18 bits per heavy atom. The molecule has 0 atom stereocenters. The number of rotatable bonds is 3. The maximum atomic E-state index is 10.1. The van der Waals surface area contributed by atoms with Crippen LogP contribution in [-0.4, -0.2) is 11.8 Å². The summed E-state index contributed by atoms with van der Waals surface area (Å²) >= 11 is 0. The van der Waals surface area contributed by atoms with Crippen LogP contribution < -0.4 is 5.73 Å². The molecular formula is C7H14N2O2. The zero-order valence-corrected chi connectivity index (χ0v) is 7.13. The van der Waals surface area contributed by atoms with Crippen LogP contribution in [0.2, 0.25) is 0 Å². The minimum absolute atomic E-state index is 0.509. The molecule has 0 heterocycles. The van der Waals surface area contributed by atoms with Gasteiger partial charge in [-0.1, -0.05) is 19.0 Å². The summed E-state index contributed by atoms with van der Waals surface area (Å²) < 4.78 is 0. The summed E-state index contributed by atoms with van der Waals surface area (Å²) in [4.78, 5) is 14.3. The van der Waals surface area contributed by atoms with Gasteiger partial charge in [-0.15, -0.1) is 0 Å². The van der Waals surface area contributed by atoms with Crippen LogP contribution in [0.1, 0.15) is 27.2 Å². The average Bonchev–Trinajstić information content (AvgIpc) is 1.82. The van der Waals surface area contributed by atoms with E-state index in [-0.39, 0.29) is 0 Å². The number of hydrogen-bond donors (Lipinski definition) is 1. The summed E-state index contributed by atoms with van der Waals surface area (Å²) in [6.45, 7) is 5.91. The summed E-state index contributed by atoms with van der Waals surface area (Å²) in [5.74, 6) is 0.509. The van der Waals surface area contributed by atoms with Crippen LogP contribution >= 0.6 is 0 Å². The summed E-state index contributed by atoms with van der Waals surface area (Å²) in [5.41, 5.74) is 5.48. The number of oxime groups is 1. The molecule has 0 spiro atoms. The number of nitrogens with zero attached hydrogens (tertiary/aromatic N) is 1. The van der Waals surface area contributed by atoms with E-state index in [9.17, 15) is 4.79 Å². The first kappa shape index (κ1) is 9.94. The zero-order valence-electron chi connectivity index (χ0n) is 7.13. The van der Waals surface area contributed by atoms with Crippen LogP contribution in [0.3, 0.4) is 0 Å². The Balaban J connectivity index is 3.72. The van der Waals surface area contributed by atoms with E-state index in [1.165, 1.54) is 0 Å². The Labute approximate surface area is 66.4 Å². The number of hydrogen-bond acceptors (Lipinski definition) is 3. The summed E-state index contributed by atoms with van der Waals surface area (Å²) in [5, 5.41) is 3.51. The van der Waals surface area contributed by atoms with Crippen molar-refractivity contribution in [2.75, 3.05) is 0 Å². The number of amides is 1. The standard InChI is InChI=1S/C7H14N2O2/c1-5(2)4-6(3)9-11-7(8)10/h5H,4H2,1-3H3,(H2,8,10)/b9-6+. The van der Waals surface area contributed by atoms with E-state index in [4.69, 9.17) is 5.73 Å². The monoisotopic (exact) mass is 158 g/mol. The van der Waals surface area contributed by atoms with Crippen LogP contribution in [0.25, 0.3) is 0 Å². The van der Waals surface area contributed by atoms with E-state index in [0.717, 1.165) is 12.1 Å². The van der Waals surface area contributed by atoms with E-state index >= 15 is 0 Å². The van der Waals surface area contributed by atoms with Crippen molar-refractivity contribution in [3.63, 3.8) is 0 Å². The first-order chi connectivity index (χ1) is 5.02. The fourth-order valence-corrected chi connectivity index (χ4v) is 0.751. The Kier molecular flexibility index (Phi) is 4.26. The second-order valence-corrected chi connectivity index (χ2v) is 2.83. The molecule has 11 heavy (non-hydrogen) atoms. The van der Waals surface area contributed by atoms with Gasteiger partial charge in [0.1, 0.15) is 0 Å². The van der Waals surface area contributed by atoms with Gasteiger partial charge in [0.2, 0.25) is 0 Å². The number of primary amides is 1. The molecule has 0 aliphatic carbocycles. The Hall–Kier alpha value is -1.06. The molecular weight excluding hydrogens is 144 g/mol. The van der Waals surface area contributed by atoms with Crippen molar-refractivity contribution in [2.24, 2.45) is 16.8 Å². The van der Waals surface area contributed by atoms with Crippen molar-refractivity contribution in [3.8, 4) is 0 Å². The van der Waals surface area contributed by atoms with E-state index in [0.29, 0.717) is 5.92 Å². The minimum atomic E-state index is -0.867. The molecule has 2 N–H and O–H groups in total. The highest BCUT2D eigenvalue weighted by Gasteiger charge is 1.98. The number of carbonyl (C=O) groups is 1. The second kappa shape index (κ2) is 4.71. The third-order valence-electron chi connectivity index (χ3n) is 0.995. The molecule has 0 radical (unpaired) electrons. The van der Waals surface area contributed by atoms with E-state index in [1.54, 1.807) is 6.92 Å². The van der Waals surface area contributed by atoms with Gasteiger partial charge in [-0.25, -0.2) is 4.79 Å². The van der Waals surface area contributed by atoms with Crippen molar-refractivity contribution < 1.29 is 9.63 Å². The van der Waals surface area contributed by atoms with Crippen molar-refractivity contribution in [2.45, 2.75) is 27.2 Å². The van der Waals surface area contributed by atoms with Gasteiger partial charge in [-0.05, 0) is 19.3 Å². The fourth-order valence-electron chi connectivity index (χ4n) is 0.751. The number of carbonyl (C=O) groups excluding carboxylic acids is 1. The van der Waals surface area contributed by atoms with Gasteiger partial charge in [0.05, 0.1) is 5.71 Å². The Morgan fingerprint density at radius 3 is 2.55 bits per heavy atom. The first-order valence-corrected chi connectivity index (χ1v) is 3.52. The smallest absolute Gasteiger partial charge is 0.333 e. The SMILES string of the molecule is C/C(CC(C)C)=N\OC(N)=O. The van der Waals surface area contributed by atoms with Gasteiger partial charge in [0.25, 0.3) is 0 Å². The molecule has 0 aliphatic rings. The largest absolute Gasteiger partial charge is 0.430 e. The van der Waals surface area contributed by atoms with Gasteiger partial charge in [0, 0.05) is 0 Å². The lowest BCUT2D eigenvalue weighted by Crippen LogP contribution is -2.11. The molecule has 0 aliphatic heterocycles. The normalized spacial score (nSPS) is 11.8. The molecule has 0 rings (SSSR count). The van der Waals surface area contributed by atoms with E-state index in [1.807, 2.05) is 0 Å². The quantitative estimate of drug-likeness (QED) is 0.384. The van der Waals surface area contributed by atoms with Gasteiger partial charge in [0.15, 0.2) is 0 Å². The third kappa shape index (κ3) is 6.83. The topological polar surface area (TPSA) is 64.7 Å². The van der Waals surface area contributed by atoms with E-state index in [2.05, 4.69) is 23.8 Å². The molecule has 1 amide bonds. The molecule has 0 saturated heterocycles. The lowest BCUT2D eigenvalue weighted by Gasteiger charge is -2.01. The molecule has 0 fully saturated rings. The maximum absolute atomic E-state index is 10.1. The second-order valence-electron chi connectivity index (χ2n) is 2.83. The fraction of sp³-hybridized carbons (Fsp3) is 0.714. The van der Waals surface area contributed by atoms with Gasteiger partial charge in [-0.2, -0.15) is 0 Å². The van der Waals surface area contributed by atoms with Crippen molar-refractivity contribution in [1.29, 1.82) is 0 Å². The molecule has 0 aromatic carbocycles. The molecule has 0 aromatic rings. The van der Waals surface area contributed by atoms with Crippen molar-refractivity contribution in [3.05, 3.63) is 0 Å².